The summed E-state index contributed by atoms with van der Waals surface area (Å²) in [4.78, 5) is 0. The molecule has 0 radical (unpaired) electrons. The fourth-order valence-electron chi connectivity index (χ4n) is 2.07. The molecule has 1 aliphatic carbocycles. The molecule has 0 unspecified atom stereocenters. The van der Waals surface area contributed by atoms with E-state index in [1.807, 2.05) is 0 Å². The SMILES string of the molecule is CCNCC1(Cc2cc(Cl)ccc2F)CC1. The number of hydrogen-bond acceptors (Lipinski definition) is 1. The lowest BCUT2D eigenvalue weighted by atomic mass is 9.96. The molecule has 1 nitrogen and oxygen atoms in total. The highest BCUT2D eigenvalue weighted by Crippen LogP contribution is 2.48. The van der Waals surface area contributed by atoms with Crippen LogP contribution in [0.15, 0.2) is 18.2 Å². The van der Waals surface area contributed by atoms with Crippen LogP contribution in [0.3, 0.4) is 0 Å². The second kappa shape index (κ2) is 4.72. The minimum absolute atomic E-state index is 0.132. The van der Waals surface area contributed by atoms with Gasteiger partial charge in [-0.2, -0.15) is 0 Å². The molecule has 0 aliphatic heterocycles. The average Bonchev–Trinajstić information content (AvgIpc) is 3.01. The first-order valence-corrected chi connectivity index (χ1v) is 6.18. The lowest BCUT2D eigenvalue weighted by Gasteiger charge is -2.16. The summed E-state index contributed by atoms with van der Waals surface area (Å²) < 4.78 is 13.6. The Morgan fingerprint density at radius 3 is 2.81 bits per heavy atom. The molecule has 0 spiro atoms. The highest BCUT2D eigenvalue weighted by molar-refractivity contribution is 6.30. The molecule has 1 N–H and O–H groups in total. The Balaban J connectivity index is 2.05. The normalized spacial score (nSPS) is 17.4. The average molecular weight is 242 g/mol. The molecule has 0 saturated heterocycles. The molecule has 1 saturated carbocycles. The molecular weight excluding hydrogens is 225 g/mol. The van der Waals surface area contributed by atoms with Gasteiger partial charge >= 0.3 is 0 Å². The zero-order chi connectivity index (χ0) is 11.6. The highest BCUT2D eigenvalue weighted by atomic mass is 35.5. The topological polar surface area (TPSA) is 12.0 Å². The van der Waals surface area contributed by atoms with Crippen LogP contribution in [0, 0.1) is 11.2 Å². The van der Waals surface area contributed by atoms with E-state index >= 15 is 0 Å². The molecule has 1 aliphatic rings. The van der Waals surface area contributed by atoms with Crippen molar-refractivity contribution in [2.45, 2.75) is 26.2 Å². The lowest BCUT2D eigenvalue weighted by Crippen LogP contribution is -2.25. The molecule has 88 valence electrons. The molecule has 1 aromatic carbocycles. The predicted octanol–water partition coefficient (Wildman–Crippen LogP) is 3.41. The molecule has 3 heteroatoms. The summed E-state index contributed by atoms with van der Waals surface area (Å²) >= 11 is 5.89. The maximum Gasteiger partial charge on any atom is 0.126 e. The van der Waals surface area contributed by atoms with Gasteiger partial charge in [0.1, 0.15) is 5.82 Å². The number of halogens is 2. The van der Waals surface area contributed by atoms with Gasteiger partial charge in [-0.25, -0.2) is 4.39 Å². The molecule has 16 heavy (non-hydrogen) atoms. The van der Waals surface area contributed by atoms with Crippen molar-refractivity contribution in [2.24, 2.45) is 5.41 Å². The van der Waals surface area contributed by atoms with Crippen molar-refractivity contribution in [1.29, 1.82) is 0 Å². The van der Waals surface area contributed by atoms with Gasteiger partial charge in [-0.3, -0.25) is 0 Å². The van der Waals surface area contributed by atoms with Gasteiger partial charge in [0.2, 0.25) is 0 Å². The lowest BCUT2D eigenvalue weighted by molar-refractivity contribution is 0.452. The third kappa shape index (κ3) is 2.74. The van der Waals surface area contributed by atoms with E-state index in [9.17, 15) is 4.39 Å². The third-order valence-electron chi connectivity index (χ3n) is 3.28. The maximum absolute atomic E-state index is 13.6. The molecule has 1 fully saturated rings. The highest BCUT2D eigenvalue weighted by Gasteiger charge is 2.42. The van der Waals surface area contributed by atoms with Crippen LogP contribution >= 0.6 is 11.6 Å². The van der Waals surface area contributed by atoms with Gasteiger partial charge in [0.05, 0.1) is 0 Å². The van der Waals surface area contributed by atoms with E-state index in [0.717, 1.165) is 25.1 Å². The monoisotopic (exact) mass is 241 g/mol. The zero-order valence-electron chi connectivity index (χ0n) is 9.52. The largest absolute Gasteiger partial charge is 0.316 e. The van der Waals surface area contributed by atoms with Crippen molar-refractivity contribution in [3.63, 3.8) is 0 Å². The van der Waals surface area contributed by atoms with Gasteiger partial charge in [0, 0.05) is 11.6 Å². The Kier molecular flexibility index (Phi) is 3.50. The molecular formula is C13H17ClFN. The second-order valence-electron chi connectivity index (χ2n) is 4.69. The van der Waals surface area contributed by atoms with Crippen LogP contribution in [-0.2, 0) is 6.42 Å². The van der Waals surface area contributed by atoms with E-state index in [-0.39, 0.29) is 11.2 Å². The van der Waals surface area contributed by atoms with Crippen LogP contribution in [0.5, 0.6) is 0 Å². The minimum Gasteiger partial charge on any atom is -0.316 e. The summed E-state index contributed by atoms with van der Waals surface area (Å²) in [6.07, 6.45) is 3.17. The molecule has 0 atom stereocenters. The Bertz CT molecular complexity index is 374. The zero-order valence-corrected chi connectivity index (χ0v) is 10.3. The summed E-state index contributed by atoms with van der Waals surface area (Å²) in [6.45, 7) is 4.05. The second-order valence-corrected chi connectivity index (χ2v) is 5.13. The smallest absolute Gasteiger partial charge is 0.126 e. The summed E-state index contributed by atoms with van der Waals surface area (Å²) in [6, 6.07) is 4.81. The van der Waals surface area contributed by atoms with E-state index in [1.165, 1.54) is 18.9 Å². The van der Waals surface area contributed by atoms with Gasteiger partial charge in [0.15, 0.2) is 0 Å². The number of rotatable bonds is 5. The van der Waals surface area contributed by atoms with Gasteiger partial charge < -0.3 is 5.32 Å². The van der Waals surface area contributed by atoms with Crippen LogP contribution in [0.1, 0.15) is 25.3 Å². The molecule has 0 bridgehead atoms. The van der Waals surface area contributed by atoms with Gasteiger partial charge in [-0.05, 0) is 55.0 Å². The summed E-state index contributed by atoms with van der Waals surface area (Å²) in [7, 11) is 0. The molecule has 0 heterocycles. The molecule has 0 amide bonds. The summed E-state index contributed by atoms with van der Waals surface area (Å²) in [5, 5.41) is 3.97. The van der Waals surface area contributed by atoms with E-state index < -0.39 is 0 Å². The van der Waals surface area contributed by atoms with E-state index in [4.69, 9.17) is 11.6 Å². The van der Waals surface area contributed by atoms with Gasteiger partial charge in [0.25, 0.3) is 0 Å². The minimum atomic E-state index is -0.132. The Labute approximate surface area is 101 Å². The van der Waals surface area contributed by atoms with E-state index in [1.54, 1.807) is 12.1 Å². The third-order valence-corrected chi connectivity index (χ3v) is 3.52. The van der Waals surface area contributed by atoms with Crippen LogP contribution in [0.25, 0.3) is 0 Å². The van der Waals surface area contributed by atoms with Crippen molar-refractivity contribution >= 4 is 11.6 Å². The van der Waals surface area contributed by atoms with Crippen molar-refractivity contribution in [1.82, 2.24) is 5.32 Å². The number of nitrogens with one attached hydrogen (secondary N) is 1. The van der Waals surface area contributed by atoms with E-state index in [2.05, 4.69) is 12.2 Å². The van der Waals surface area contributed by atoms with Crippen molar-refractivity contribution < 1.29 is 4.39 Å². The number of hydrogen-bond donors (Lipinski definition) is 1. The van der Waals surface area contributed by atoms with Crippen LogP contribution < -0.4 is 5.32 Å². The van der Waals surface area contributed by atoms with Crippen LogP contribution in [0.4, 0.5) is 4.39 Å². The standard InChI is InChI=1S/C13H17ClFN/c1-2-16-9-13(5-6-13)8-10-7-11(14)3-4-12(10)15/h3-4,7,16H,2,5-6,8-9H2,1H3. The van der Waals surface area contributed by atoms with E-state index in [0.29, 0.717) is 5.02 Å². The summed E-state index contributed by atoms with van der Waals surface area (Å²) in [5.74, 6) is -0.132. The van der Waals surface area contributed by atoms with Gasteiger partial charge in [-0.1, -0.05) is 18.5 Å². The number of benzene rings is 1. The fraction of sp³-hybridized carbons (Fsp3) is 0.538. The molecule has 1 aromatic rings. The predicted molar refractivity (Wildman–Crippen MR) is 65.3 cm³/mol. The molecule has 2 rings (SSSR count). The first-order valence-electron chi connectivity index (χ1n) is 5.80. The Morgan fingerprint density at radius 1 is 1.44 bits per heavy atom. The quantitative estimate of drug-likeness (QED) is 0.833. The van der Waals surface area contributed by atoms with Crippen molar-refractivity contribution in [3.05, 3.63) is 34.6 Å². The maximum atomic E-state index is 13.6. The molecule has 0 aromatic heterocycles. The van der Waals surface area contributed by atoms with Crippen molar-refractivity contribution in [2.75, 3.05) is 13.1 Å². The first kappa shape index (κ1) is 11.9. The summed E-state index contributed by atoms with van der Waals surface area (Å²) in [5.41, 5.74) is 1.03. The van der Waals surface area contributed by atoms with Crippen LogP contribution in [0.2, 0.25) is 5.02 Å². The van der Waals surface area contributed by atoms with Crippen LogP contribution in [-0.4, -0.2) is 13.1 Å². The van der Waals surface area contributed by atoms with Gasteiger partial charge in [-0.15, -0.1) is 0 Å². The fourth-order valence-corrected chi connectivity index (χ4v) is 2.26. The Hall–Kier alpha value is -0.600. The van der Waals surface area contributed by atoms with Crippen molar-refractivity contribution in [3.8, 4) is 0 Å². The Morgan fingerprint density at radius 2 is 2.19 bits per heavy atom. The first-order chi connectivity index (χ1) is 7.65.